The molecular formula is C11H11FN2S. The largest absolute Gasteiger partial charge is 0.315 e. The lowest BCUT2D eigenvalue weighted by Gasteiger charge is -1.98. The van der Waals surface area contributed by atoms with Crippen LogP contribution in [0.15, 0.2) is 29.9 Å². The van der Waals surface area contributed by atoms with Gasteiger partial charge in [-0.05, 0) is 30.1 Å². The SMILES string of the molecule is CNCc1cc(-c2ccncc2F)cs1. The van der Waals surface area contributed by atoms with Crippen molar-refractivity contribution in [2.45, 2.75) is 6.54 Å². The number of halogens is 1. The topological polar surface area (TPSA) is 24.9 Å². The number of nitrogens with zero attached hydrogens (tertiary/aromatic N) is 1. The number of hydrogen-bond acceptors (Lipinski definition) is 3. The molecule has 1 N–H and O–H groups in total. The van der Waals surface area contributed by atoms with Crippen molar-refractivity contribution in [1.29, 1.82) is 0 Å². The first-order chi connectivity index (χ1) is 7.31. The van der Waals surface area contributed by atoms with Crippen molar-refractivity contribution in [2.24, 2.45) is 0 Å². The van der Waals surface area contributed by atoms with Crippen molar-refractivity contribution in [3.05, 3.63) is 40.6 Å². The van der Waals surface area contributed by atoms with Gasteiger partial charge in [-0.3, -0.25) is 4.98 Å². The van der Waals surface area contributed by atoms with Gasteiger partial charge in [0.15, 0.2) is 0 Å². The van der Waals surface area contributed by atoms with E-state index in [0.29, 0.717) is 5.56 Å². The smallest absolute Gasteiger partial charge is 0.149 e. The molecule has 0 amide bonds. The summed E-state index contributed by atoms with van der Waals surface area (Å²) in [5.74, 6) is -0.272. The molecule has 2 rings (SSSR count). The Morgan fingerprint density at radius 1 is 1.53 bits per heavy atom. The summed E-state index contributed by atoms with van der Waals surface area (Å²) in [7, 11) is 1.90. The molecule has 2 aromatic rings. The van der Waals surface area contributed by atoms with E-state index >= 15 is 0 Å². The first-order valence-electron chi connectivity index (χ1n) is 4.63. The maximum atomic E-state index is 13.4. The van der Waals surface area contributed by atoms with Crippen LogP contribution in [0.1, 0.15) is 4.88 Å². The van der Waals surface area contributed by atoms with E-state index in [1.54, 1.807) is 23.6 Å². The van der Waals surface area contributed by atoms with Crippen LogP contribution < -0.4 is 5.32 Å². The molecule has 0 aromatic carbocycles. The first kappa shape index (κ1) is 10.3. The summed E-state index contributed by atoms with van der Waals surface area (Å²) in [6.07, 6.45) is 2.85. The number of pyridine rings is 1. The highest BCUT2D eigenvalue weighted by molar-refractivity contribution is 7.10. The highest BCUT2D eigenvalue weighted by atomic mass is 32.1. The van der Waals surface area contributed by atoms with Gasteiger partial charge in [-0.25, -0.2) is 4.39 Å². The lowest BCUT2D eigenvalue weighted by Crippen LogP contribution is -2.02. The second kappa shape index (κ2) is 4.51. The molecule has 0 atom stereocenters. The van der Waals surface area contributed by atoms with E-state index in [-0.39, 0.29) is 5.82 Å². The van der Waals surface area contributed by atoms with Crippen LogP contribution in [0.5, 0.6) is 0 Å². The fourth-order valence-corrected chi connectivity index (χ4v) is 2.29. The average Bonchev–Trinajstić information content (AvgIpc) is 2.68. The fourth-order valence-electron chi connectivity index (χ4n) is 1.40. The van der Waals surface area contributed by atoms with Gasteiger partial charge in [0, 0.05) is 23.2 Å². The minimum Gasteiger partial charge on any atom is -0.315 e. The minimum atomic E-state index is -0.272. The van der Waals surface area contributed by atoms with Crippen LogP contribution >= 0.6 is 11.3 Å². The predicted octanol–water partition coefficient (Wildman–Crippen LogP) is 2.67. The van der Waals surface area contributed by atoms with Crippen molar-refractivity contribution in [3.8, 4) is 11.1 Å². The zero-order valence-corrected chi connectivity index (χ0v) is 9.14. The molecule has 78 valence electrons. The molecule has 0 radical (unpaired) electrons. The Kier molecular flexibility index (Phi) is 3.08. The van der Waals surface area contributed by atoms with E-state index in [9.17, 15) is 4.39 Å². The Balaban J connectivity index is 2.33. The third-order valence-electron chi connectivity index (χ3n) is 2.09. The third kappa shape index (κ3) is 2.22. The molecule has 15 heavy (non-hydrogen) atoms. The lowest BCUT2D eigenvalue weighted by atomic mass is 10.1. The molecule has 0 saturated heterocycles. The zero-order chi connectivity index (χ0) is 10.7. The number of hydrogen-bond donors (Lipinski definition) is 1. The zero-order valence-electron chi connectivity index (χ0n) is 8.33. The molecule has 0 bridgehead atoms. The maximum Gasteiger partial charge on any atom is 0.149 e. The van der Waals surface area contributed by atoms with Crippen molar-refractivity contribution in [1.82, 2.24) is 10.3 Å². The number of aromatic nitrogens is 1. The monoisotopic (exact) mass is 222 g/mol. The molecular weight excluding hydrogens is 211 g/mol. The Morgan fingerprint density at radius 3 is 3.13 bits per heavy atom. The van der Waals surface area contributed by atoms with E-state index in [4.69, 9.17) is 0 Å². The second-order valence-corrected chi connectivity index (χ2v) is 4.18. The average molecular weight is 222 g/mol. The number of nitrogens with one attached hydrogen (secondary N) is 1. The van der Waals surface area contributed by atoms with E-state index in [1.165, 1.54) is 11.1 Å². The summed E-state index contributed by atoms with van der Waals surface area (Å²) in [6, 6.07) is 3.69. The molecule has 0 spiro atoms. The third-order valence-corrected chi connectivity index (χ3v) is 3.02. The van der Waals surface area contributed by atoms with Gasteiger partial charge < -0.3 is 5.32 Å². The predicted molar refractivity (Wildman–Crippen MR) is 60.3 cm³/mol. The van der Waals surface area contributed by atoms with Gasteiger partial charge in [-0.1, -0.05) is 0 Å². The summed E-state index contributed by atoms with van der Waals surface area (Å²) in [4.78, 5) is 4.93. The van der Waals surface area contributed by atoms with Crippen LogP contribution in [-0.2, 0) is 6.54 Å². The van der Waals surface area contributed by atoms with Crippen LogP contribution in [0, 0.1) is 5.82 Å². The molecule has 2 heterocycles. The van der Waals surface area contributed by atoms with E-state index in [2.05, 4.69) is 10.3 Å². The maximum absolute atomic E-state index is 13.4. The summed E-state index contributed by atoms with van der Waals surface area (Å²) in [5, 5.41) is 5.03. The van der Waals surface area contributed by atoms with E-state index in [0.717, 1.165) is 12.1 Å². The second-order valence-electron chi connectivity index (χ2n) is 3.19. The van der Waals surface area contributed by atoms with Crippen molar-refractivity contribution >= 4 is 11.3 Å². The minimum absolute atomic E-state index is 0.272. The summed E-state index contributed by atoms with van der Waals surface area (Å²) >= 11 is 1.63. The Labute approximate surface area is 91.8 Å². The Hall–Kier alpha value is -1.26. The molecule has 0 aliphatic heterocycles. The van der Waals surface area contributed by atoms with Crippen molar-refractivity contribution in [3.63, 3.8) is 0 Å². The van der Waals surface area contributed by atoms with Gasteiger partial charge in [0.1, 0.15) is 5.82 Å². The van der Waals surface area contributed by atoms with E-state index < -0.39 is 0 Å². The van der Waals surface area contributed by atoms with Gasteiger partial charge in [-0.15, -0.1) is 11.3 Å². The molecule has 0 aliphatic carbocycles. The quantitative estimate of drug-likeness (QED) is 0.863. The summed E-state index contributed by atoms with van der Waals surface area (Å²) in [6.45, 7) is 0.817. The van der Waals surface area contributed by atoms with Crippen LogP contribution in [0.25, 0.3) is 11.1 Å². The van der Waals surface area contributed by atoms with Crippen LogP contribution in [0.3, 0.4) is 0 Å². The fraction of sp³-hybridized carbons (Fsp3) is 0.182. The highest BCUT2D eigenvalue weighted by Crippen LogP contribution is 2.26. The molecule has 0 unspecified atom stereocenters. The van der Waals surface area contributed by atoms with Gasteiger partial charge in [-0.2, -0.15) is 0 Å². The summed E-state index contributed by atoms with van der Waals surface area (Å²) in [5.41, 5.74) is 1.54. The number of thiophene rings is 1. The van der Waals surface area contributed by atoms with Crippen molar-refractivity contribution in [2.75, 3.05) is 7.05 Å². The molecule has 0 saturated carbocycles. The molecule has 0 aliphatic rings. The molecule has 2 nitrogen and oxygen atoms in total. The van der Waals surface area contributed by atoms with Gasteiger partial charge in [0.25, 0.3) is 0 Å². The Morgan fingerprint density at radius 2 is 2.40 bits per heavy atom. The van der Waals surface area contributed by atoms with Gasteiger partial charge in [0.2, 0.25) is 0 Å². The van der Waals surface area contributed by atoms with Gasteiger partial charge in [0.05, 0.1) is 6.20 Å². The number of rotatable bonds is 3. The lowest BCUT2D eigenvalue weighted by molar-refractivity contribution is 0.625. The molecule has 0 fully saturated rings. The van der Waals surface area contributed by atoms with Crippen molar-refractivity contribution < 1.29 is 4.39 Å². The standard InChI is InChI=1S/C11H11FN2S/c1-13-5-9-4-8(7-15-9)10-2-3-14-6-11(10)12/h2-4,6-7,13H,5H2,1H3. The highest BCUT2D eigenvalue weighted by Gasteiger charge is 2.06. The normalized spacial score (nSPS) is 10.5. The summed E-state index contributed by atoms with van der Waals surface area (Å²) < 4.78 is 13.4. The molecule has 4 heteroatoms. The van der Waals surface area contributed by atoms with Gasteiger partial charge >= 0.3 is 0 Å². The van der Waals surface area contributed by atoms with Crippen LogP contribution in [0.4, 0.5) is 4.39 Å². The molecule has 2 aromatic heterocycles. The van der Waals surface area contributed by atoms with Crippen LogP contribution in [-0.4, -0.2) is 12.0 Å². The first-order valence-corrected chi connectivity index (χ1v) is 5.51. The van der Waals surface area contributed by atoms with Crippen LogP contribution in [0.2, 0.25) is 0 Å². The van der Waals surface area contributed by atoms with E-state index in [1.807, 2.05) is 18.5 Å². The Bertz CT molecular complexity index is 453.